The lowest BCUT2D eigenvalue weighted by molar-refractivity contribution is -0.0160. The minimum atomic E-state index is -0.442. The second-order valence-corrected chi connectivity index (χ2v) is 4.89. The molecule has 0 amide bonds. The van der Waals surface area contributed by atoms with Crippen molar-refractivity contribution in [2.24, 2.45) is 5.92 Å². The molecule has 1 aliphatic heterocycles. The Morgan fingerprint density at radius 3 is 2.94 bits per heavy atom. The van der Waals surface area contributed by atoms with Crippen molar-refractivity contribution in [3.8, 4) is 0 Å². The summed E-state index contributed by atoms with van der Waals surface area (Å²) in [7, 11) is 0. The molecule has 0 aliphatic carbocycles. The molecule has 3 nitrogen and oxygen atoms in total. The van der Waals surface area contributed by atoms with Crippen LogP contribution in [0.25, 0.3) is 0 Å². The molecule has 2 rings (SSSR count). The number of pyridine rings is 1. The first-order valence-electron chi connectivity index (χ1n) is 6.15. The van der Waals surface area contributed by atoms with Gasteiger partial charge in [0.1, 0.15) is 0 Å². The number of anilines is 1. The Morgan fingerprint density at radius 2 is 2.29 bits per heavy atom. The van der Waals surface area contributed by atoms with Crippen molar-refractivity contribution in [1.29, 1.82) is 0 Å². The number of ether oxygens (including phenoxy) is 1. The van der Waals surface area contributed by atoms with E-state index in [0.717, 1.165) is 25.1 Å². The Hall–Kier alpha value is -1.16. The van der Waals surface area contributed by atoms with E-state index in [1.807, 2.05) is 0 Å². The molecule has 0 aromatic carbocycles. The van der Waals surface area contributed by atoms with Crippen LogP contribution in [0.1, 0.15) is 26.7 Å². The smallest absolute Gasteiger partial charge is 0.212 e. The van der Waals surface area contributed by atoms with Gasteiger partial charge < -0.3 is 10.1 Å². The summed E-state index contributed by atoms with van der Waals surface area (Å²) < 4.78 is 18.4. The Balaban J connectivity index is 1.92. The first kappa shape index (κ1) is 12.3. The molecule has 4 heteroatoms. The molecule has 2 atom stereocenters. The van der Waals surface area contributed by atoms with Crippen LogP contribution in [0, 0.1) is 11.9 Å². The highest BCUT2D eigenvalue weighted by Gasteiger charge is 2.24. The quantitative estimate of drug-likeness (QED) is 0.822. The summed E-state index contributed by atoms with van der Waals surface area (Å²) >= 11 is 0. The fourth-order valence-corrected chi connectivity index (χ4v) is 2.12. The predicted octanol–water partition coefficient (Wildman–Crippen LogP) is 2.84. The molecule has 0 bridgehead atoms. The van der Waals surface area contributed by atoms with Crippen molar-refractivity contribution in [2.75, 3.05) is 11.9 Å². The van der Waals surface area contributed by atoms with Gasteiger partial charge >= 0.3 is 0 Å². The normalized spacial score (nSPS) is 24.9. The molecule has 1 aliphatic rings. The van der Waals surface area contributed by atoms with Crippen LogP contribution < -0.4 is 5.32 Å². The average molecular weight is 238 g/mol. The Bertz CT molecular complexity index is 353. The number of rotatable bonds is 3. The SMILES string of the molecule is CC(C)C1CC(Nc2ccc(F)nc2)CCO1. The number of nitrogens with zero attached hydrogens (tertiary/aromatic N) is 1. The zero-order chi connectivity index (χ0) is 12.3. The molecule has 0 radical (unpaired) electrons. The highest BCUT2D eigenvalue weighted by atomic mass is 19.1. The molecule has 1 N–H and O–H groups in total. The first-order valence-corrected chi connectivity index (χ1v) is 6.15. The lowest BCUT2D eigenvalue weighted by atomic mass is 9.95. The Morgan fingerprint density at radius 1 is 1.47 bits per heavy atom. The van der Waals surface area contributed by atoms with E-state index in [1.54, 1.807) is 6.07 Å². The van der Waals surface area contributed by atoms with Crippen LogP contribution in [0.3, 0.4) is 0 Å². The van der Waals surface area contributed by atoms with Crippen LogP contribution in [0.2, 0.25) is 0 Å². The molecular weight excluding hydrogens is 219 g/mol. The molecule has 0 saturated carbocycles. The van der Waals surface area contributed by atoms with E-state index in [4.69, 9.17) is 4.74 Å². The Kier molecular flexibility index (Phi) is 3.94. The number of hydrogen-bond acceptors (Lipinski definition) is 3. The van der Waals surface area contributed by atoms with Gasteiger partial charge in [0, 0.05) is 12.6 Å². The van der Waals surface area contributed by atoms with Crippen molar-refractivity contribution in [1.82, 2.24) is 4.98 Å². The van der Waals surface area contributed by atoms with E-state index in [1.165, 1.54) is 12.3 Å². The molecule has 2 heterocycles. The average Bonchev–Trinajstić information content (AvgIpc) is 2.32. The number of nitrogens with one attached hydrogen (secondary N) is 1. The maximum Gasteiger partial charge on any atom is 0.212 e. The first-order chi connectivity index (χ1) is 8.15. The zero-order valence-corrected chi connectivity index (χ0v) is 10.3. The number of aromatic nitrogens is 1. The van der Waals surface area contributed by atoms with Crippen molar-refractivity contribution < 1.29 is 9.13 Å². The molecule has 0 spiro atoms. The summed E-state index contributed by atoms with van der Waals surface area (Å²) in [4.78, 5) is 3.64. The molecule has 1 fully saturated rings. The van der Waals surface area contributed by atoms with Crippen LogP contribution in [-0.2, 0) is 4.74 Å². The monoisotopic (exact) mass is 238 g/mol. The number of halogens is 1. The maximum absolute atomic E-state index is 12.7. The van der Waals surface area contributed by atoms with E-state index < -0.39 is 5.95 Å². The predicted molar refractivity (Wildman–Crippen MR) is 65.4 cm³/mol. The zero-order valence-electron chi connectivity index (χ0n) is 10.3. The third kappa shape index (κ3) is 3.40. The van der Waals surface area contributed by atoms with Crippen LogP contribution in [0.4, 0.5) is 10.1 Å². The molecule has 1 aromatic heterocycles. The van der Waals surface area contributed by atoms with Crippen molar-refractivity contribution in [3.63, 3.8) is 0 Å². The van der Waals surface area contributed by atoms with Crippen LogP contribution in [0.15, 0.2) is 18.3 Å². The van der Waals surface area contributed by atoms with Gasteiger partial charge in [-0.05, 0) is 30.9 Å². The summed E-state index contributed by atoms with van der Waals surface area (Å²) in [6, 6.07) is 3.49. The highest BCUT2D eigenvalue weighted by molar-refractivity contribution is 5.41. The van der Waals surface area contributed by atoms with Gasteiger partial charge in [0.2, 0.25) is 5.95 Å². The van der Waals surface area contributed by atoms with Crippen LogP contribution in [-0.4, -0.2) is 23.7 Å². The van der Waals surface area contributed by atoms with Gasteiger partial charge in [-0.1, -0.05) is 13.8 Å². The summed E-state index contributed by atoms with van der Waals surface area (Å²) in [6.07, 6.45) is 3.83. The summed E-state index contributed by atoms with van der Waals surface area (Å²) in [6.45, 7) is 5.13. The number of hydrogen-bond donors (Lipinski definition) is 1. The minimum Gasteiger partial charge on any atom is -0.381 e. The third-order valence-corrected chi connectivity index (χ3v) is 3.16. The summed E-state index contributed by atoms with van der Waals surface area (Å²) in [5.74, 6) is 0.0912. The summed E-state index contributed by atoms with van der Waals surface area (Å²) in [5.41, 5.74) is 0.876. The second-order valence-electron chi connectivity index (χ2n) is 4.89. The highest BCUT2D eigenvalue weighted by Crippen LogP contribution is 2.22. The van der Waals surface area contributed by atoms with Gasteiger partial charge in [-0.2, -0.15) is 4.39 Å². The molecule has 1 saturated heterocycles. The van der Waals surface area contributed by atoms with E-state index >= 15 is 0 Å². The van der Waals surface area contributed by atoms with Crippen LogP contribution >= 0.6 is 0 Å². The lowest BCUT2D eigenvalue weighted by Gasteiger charge is -2.32. The van der Waals surface area contributed by atoms with Gasteiger partial charge in [-0.3, -0.25) is 0 Å². The van der Waals surface area contributed by atoms with Gasteiger partial charge in [0.05, 0.1) is 18.0 Å². The Labute approximate surface area is 101 Å². The van der Waals surface area contributed by atoms with E-state index in [2.05, 4.69) is 24.1 Å². The van der Waals surface area contributed by atoms with Crippen molar-refractivity contribution in [2.45, 2.75) is 38.8 Å². The summed E-state index contributed by atoms with van der Waals surface area (Å²) in [5, 5.41) is 3.38. The van der Waals surface area contributed by atoms with Gasteiger partial charge in [-0.15, -0.1) is 0 Å². The second kappa shape index (κ2) is 5.45. The van der Waals surface area contributed by atoms with Crippen LogP contribution in [0.5, 0.6) is 0 Å². The third-order valence-electron chi connectivity index (χ3n) is 3.16. The largest absolute Gasteiger partial charge is 0.381 e. The van der Waals surface area contributed by atoms with Crippen molar-refractivity contribution in [3.05, 3.63) is 24.3 Å². The standard InChI is InChI=1S/C13H19FN2O/c1-9(2)12-7-10(5-6-17-12)16-11-3-4-13(14)15-8-11/h3-4,8-10,12,16H,5-7H2,1-2H3. The van der Waals surface area contributed by atoms with E-state index in [0.29, 0.717) is 18.1 Å². The fourth-order valence-electron chi connectivity index (χ4n) is 2.12. The molecule has 1 aromatic rings. The maximum atomic E-state index is 12.7. The minimum absolute atomic E-state index is 0.314. The topological polar surface area (TPSA) is 34.2 Å². The van der Waals surface area contributed by atoms with E-state index in [9.17, 15) is 4.39 Å². The lowest BCUT2D eigenvalue weighted by Crippen LogP contribution is -2.36. The molecule has 94 valence electrons. The molecule has 17 heavy (non-hydrogen) atoms. The van der Waals surface area contributed by atoms with Crippen molar-refractivity contribution >= 4 is 5.69 Å². The molecular formula is C13H19FN2O. The fraction of sp³-hybridized carbons (Fsp3) is 0.615. The van der Waals surface area contributed by atoms with Gasteiger partial charge in [-0.25, -0.2) is 4.98 Å². The molecule has 2 unspecified atom stereocenters. The van der Waals surface area contributed by atoms with Gasteiger partial charge in [0.15, 0.2) is 0 Å². The van der Waals surface area contributed by atoms with E-state index in [-0.39, 0.29) is 0 Å². The van der Waals surface area contributed by atoms with Gasteiger partial charge in [0.25, 0.3) is 0 Å².